The average Bonchev–Trinajstić information content (AvgIpc) is 2.71. The lowest BCUT2D eigenvalue weighted by Gasteiger charge is -2.21. The Morgan fingerprint density at radius 2 is 1.66 bits per heavy atom. The van der Waals surface area contributed by atoms with Gasteiger partial charge in [-0.05, 0) is 55.7 Å². The Bertz CT molecular complexity index is 946. The molecule has 7 heteroatoms. The maximum atomic E-state index is 12.4. The molecule has 0 radical (unpaired) electrons. The molecule has 0 fully saturated rings. The lowest BCUT2D eigenvalue weighted by Crippen LogP contribution is -2.40. The summed E-state index contributed by atoms with van der Waals surface area (Å²) in [6.45, 7) is 9.28. The van der Waals surface area contributed by atoms with E-state index >= 15 is 0 Å². The van der Waals surface area contributed by atoms with Gasteiger partial charge in [-0.15, -0.1) is 0 Å². The van der Waals surface area contributed by atoms with Crippen LogP contribution < -0.4 is 10.6 Å². The van der Waals surface area contributed by atoms with Crippen LogP contribution >= 0.6 is 0 Å². The molecule has 0 aliphatic heterocycles. The number of carbonyl (C=O) groups excluding carboxylic acids is 3. The highest BCUT2D eigenvalue weighted by Crippen LogP contribution is 2.23. The van der Waals surface area contributed by atoms with E-state index in [0.717, 1.165) is 22.4 Å². The van der Waals surface area contributed by atoms with Crippen LogP contribution in [0.4, 0.5) is 10.5 Å². The molecule has 0 atom stereocenters. The quantitative estimate of drug-likeness (QED) is 0.668. The van der Waals surface area contributed by atoms with Gasteiger partial charge >= 0.3 is 6.09 Å². The fourth-order valence-electron chi connectivity index (χ4n) is 2.84. The van der Waals surface area contributed by atoms with Gasteiger partial charge in [0, 0.05) is 25.2 Å². The van der Waals surface area contributed by atoms with Crippen LogP contribution in [0, 0.1) is 5.92 Å². The van der Waals surface area contributed by atoms with E-state index in [2.05, 4.69) is 10.6 Å². The van der Waals surface area contributed by atoms with Gasteiger partial charge in [-0.1, -0.05) is 44.2 Å². The van der Waals surface area contributed by atoms with Crippen molar-refractivity contribution in [2.75, 3.05) is 18.9 Å². The van der Waals surface area contributed by atoms with Crippen molar-refractivity contribution in [3.8, 4) is 11.1 Å². The van der Waals surface area contributed by atoms with E-state index in [1.165, 1.54) is 0 Å². The summed E-state index contributed by atoms with van der Waals surface area (Å²) >= 11 is 0. The summed E-state index contributed by atoms with van der Waals surface area (Å²) in [6.07, 6.45) is -0.616. The van der Waals surface area contributed by atoms with Gasteiger partial charge in [0.05, 0.1) is 0 Å². The second-order valence-electron chi connectivity index (χ2n) is 9.03. The number of amides is 3. The third-order valence-electron chi connectivity index (χ3n) is 4.57. The zero-order valence-electron chi connectivity index (χ0n) is 19.7. The Kier molecular flexibility index (Phi) is 8.41. The highest BCUT2D eigenvalue weighted by molar-refractivity contribution is 5.92. The zero-order valence-corrected chi connectivity index (χ0v) is 19.7. The van der Waals surface area contributed by atoms with Gasteiger partial charge in [-0.2, -0.15) is 0 Å². The van der Waals surface area contributed by atoms with Crippen LogP contribution in [0.15, 0.2) is 48.5 Å². The predicted octanol–water partition coefficient (Wildman–Crippen LogP) is 4.43. The number of alkyl carbamates (subject to hydrolysis) is 1. The first-order valence-corrected chi connectivity index (χ1v) is 10.7. The van der Waals surface area contributed by atoms with Crippen molar-refractivity contribution in [1.82, 2.24) is 10.2 Å². The monoisotopic (exact) mass is 439 g/mol. The Balaban J connectivity index is 1.97. The topological polar surface area (TPSA) is 87.7 Å². The second kappa shape index (κ2) is 10.8. The molecule has 7 nitrogen and oxygen atoms in total. The normalized spacial score (nSPS) is 11.1. The minimum absolute atomic E-state index is 0.0198. The summed E-state index contributed by atoms with van der Waals surface area (Å²) < 4.78 is 5.15. The molecule has 0 heterocycles. The van der Waals surface area contributed by atoms with E-state index in [-0.39, 0.29) is 24.3 Å². The first-order chi connectivity index (χ1) is 14.9. The summed E-state index contributed by atoms with van der Waals surface area (Å²) in [7, 11) is 1.69. The van der Waals surface area contributed by atoms with Gasteiger partial charge in [-0.3, -0.25) is 9.59 Å². The molecule has 0 spiro atoms. The van der Waals surface area contributed by atoms with Gasteiger partial charge in [0.25, 0.3) is 0 Å². The van der Waals surface area contributed by atoms with Gasteiger partial charge in [-0.25, -0.2) is 4.79 Å². The Morgan fingerprint density at radius 1 is 1.00 bits per heavy atom. The molecule has 0 aliphatic rings. The Hall–Kier alpha value is -3.35. The first kappa shape index (κ1) is 24.9. The number of benzene rings is 2. The fraction of sp³-hybridized carbons (Fsp3) is 0.400. The van der Waals surface area contributed by atoms with Crippen molar-refractivity contribution >= 4 is 23.6 Å². The summed E-state index contributed by atoms with van der Waals surface area (Å²) in [5.74, 6) is -0.314. The summed E-state index contributed by atoms with van der Waals surface area (Å²) in [5, 5.41) is 5.37. The number of likely N-dealkylation sites (N-methyl/N-ethyl adjacent to an activating group) is 1. The van der Waals surface area contributed by atoms with Gasteiger partial charge in [0.1, 0.15) is 12.1 Å². The highest BCUT2D eigenvalue weighted by Gasteiger charge is 2.18. The van der Waals surface area contributed by atoms with E-state index in [0.29, 0.717) is 6.54 Å². The van der Waals surface area contributed by atoms with E-state index < -0.39 is 11.7 Å². The van der Waals surface area contributed by atoms with Gasteiger partial charge in [0.2, 0.25) is 11.8 Å². The standard InChI is InChI=1S/C25H33N3O4/c1-17(2)23(30)27-21-12-10-19(11-13-21)20-9-7-8-18(14-20)16-28(6)22(29)15-26-24(31)32-25(3,4)5/h7-14,17H,15-16H2,1-6H3,(H,26,31)(H,27,30). The summed E-state index contributed by atoms with van der Waals surface area (Å²) in [5.41, 5.74) is 3.13. The maximum Gasteiger partial charge on any atom is 0.408 e. The second-order valence-corrected chi connectivity index (χ2v) is 9.03. The number of ether oxygens (including phenoxy) is 1. The molecular weight excluding hydrogens is 406 g/mol. The van der Waals surface area contributed by atoms with Gasteiger partial charge < -0.3 is 20.3 Å². The van der Waals surface area contributed by atoms with Crippen molar-refractivity contribution in [3.63, 3.8) is 0 Å². The van der Waals surface area contributed by atoms with Crippen molar-refractivity contribution in [2.45, 2.75) is 46.8 Å². The maximum absolute atomic E-state index is 12.4. The van der Waals surface area contributed by atoms with Crippen LogP contribution in [0.25, 0.3) is 11.1 Å². The molecule has 2 N–H and O–H groups in total. The van der Waals surface area contributed by atoms with Crippen LogP contribution in [0.5, 0.6) is 0 Å². The van der Waals surface area contributed by atoms with Crippen LogP contribution in [-0.2, 0) is 20.9 Å². The number of rotatable bonds is 7. The fourth-order valence-corrected chi connectivity index (χ4v) is 2.84. The molecule has 0 aliphatic carbocycles. The molecule has 0 unspecified atom stereocenters. The van der Waals surface area contributed by atoms with Crippen LogP contribution in [0.3, 0.4) is 0 Å². The molecule has 3 amide bonds. The molecule has 0 saturated heterocycles. The molecule has 0 aromatic heterocycles. The molecule has 0 bridgehead atoms. The number of anilines is 1. The van der Waals surface area contributed by atoms with Crippen molar-refractivity contribution in [3.05, 3.63) is 54.1 Å². The molecule has 2 aromatic carbocycles. The Morgan fingerprint density at radius 3 is 2.25 bits per heavy atom. The minimum atomic E-state index is -0.616. The molecule has 172 valence electrons. The summed E-state index contributed by atoms with van der Waals surface area (Å²) in [4.78, 5) is 37.5. The number of hydrogen-bond acceptors (Lipinski definition) is 4. The number of carbonyl (C=O) groups is 3. The highest BCUT2D eigenvalue weighted by atomic mass is 16.6. The Labute approximate surface area is 190 Å². The third-order valence-corrected chi connectivity index (χ3v) is 4.57. The van der Waals surface area contributed by atoms with Crippen LogP contribution in [0.1, 0.15) is 40.2 Å². The average molecular weight is 440 g/mol. The molecule has 2 aromatic rings. The predicted molar refractivity (Wildman–Crippen MR) is 126 cm³/mol. The minimum Gasteiger partial charge on any atom is -0.444 e. The lowest BCUT2D eigenvalue weighted by atomic mass is 10.0. The zero-order chi connectivity index (χ0) is 23.9. The third kappa shape index (κ3) is 8.06. The molecular formula is C25H33N3O4. The van der Waals surface area contributed by atoms with Crippen molar-refractivity contribution in [2.24, 2.45) is 5.92 Å². The first-order valence-electron chi connectivity index (χ1n) is 10.7. The van der Waals surface area contributed by atoms with E-state index in [1.54, 1.807) is 32.7 Å². The SMILES string of the molecule is CC(C)C(=O)Nc1ccc(-c2cccc(CN(C)C(=O)CNC(=O)OC(C)(C)C)c2)cc1. The molecule has 32 heavy (non-hydrogen) atoms. The van der Waals surface area contributed by atoms with E-state index in [1.807, 2.05) is 62.4 Å². The number of nitrogens with one attached hydrogen (secondary N) is 2. The van der Waals surface area contributed by atoms with E-state index in [4.69, 9.17) is 4.74 Å². The summed E-state index contributed by atoms with van der Waals surface area (Å²) in [6, 6.07) is 15.6. The largest absolute Gasteiger partial charge is 0.444 e. The van der Waals surface area contributed by atoms with Gasteiger partial charge in [0.15, 0.2) is 0 Å². The van der Waals surface area contributed by atoms with Crippen LogP contribution in [0.2, 0.25) is 0 Å². The molecule has 0 saturated carbocycles. The smallest absolute Gasteiger partial charge is 0.408 e. The van der Waals surface area contributed by atoms with E-state index in [9.17, 15) is 14.4 Å². The number of nitrogens with zero attached hydrogens (tertiary/aromatic N) is 1. The van der Waals surface area contributed by atoms with Crippen LogP contribution in [-0.4, -0.2) is 42.0 Å². The number of hydrogen-bond donors (Lipinski definition) is 2. The lowest BCUT2D eigenvalue weighted by molar-refractivity contribution is -0.129. The van der Waals surface area contributed by atoms with Crippen molar-refractivity contribution < 1.29 is 19.1 Å². The van der Waals surface area contributed by atoms with Crippen molar-refractivity contribution in [1.29, 1.82) is 0 Å². The molecule has 2 rings (SSSR count).